The van der Waals surface area contributed by atoms with Crippen LogP contribution in [0.1, 0.15) is 61.8 Å². The van der Waals surface area contributed by atoms with E-state index in [-0.39, 0.29) is 17.6 Å². The summed E-state index contributed by atoms with van der Waals surface area (Å²) >= 11 is 0. The second kappa shape index (κ2) is 6.18. The van der Waals surface area contributed by atoms with E-state index in [9.17, 15) is 4.79 Å². The highest BCUT2D eigenvalue weighted by molar-refractivity contribution is 5.96. The maximum absolute atomic E-state index is 12.6. The van der Waals surface area contributed by atoms with E-state index in [1.807, 2.05) is 18.5 Å². The zero-order valence-corrected chi connectivity index (χ0v) is 13.8. The smallest absolute Gasteiger partial charge is 0.255 e. The third kappa shape index (κ3) is 3.64. The van der Waals surface area contributed by atoms with Gasteiger partial charge in [-0.1, -0.05) is 6.92 Å². The molecule has 1 aliphatic rings. The number of aromatic nitrogens is 2. The van der Waals surface area contributed by atoms with Crippen LogP contribution in [0, 0.1) is 13.8 Å². The molecule has 1 unspecified atom stereocenters. The van der Waals surface area contributed by atoms with Crippen LogP contribution in [-0.2, 0) is 11.3 Å². The van der Waals surface area contributed by atoms with Crippen molar-refractivity contribution < 1.29 is 9.53 Å². The number of ether oxygens (including phenoxy) is 1. The first-order chi connectivity index (χ1) is 9.84. The van der Waals surface area contributed by atoms with Crippen LogP contribution in [0.15, 0.2) is 0 Å². The molecule has 1 aliphatic heterocycles. The molecule has 1 saturated heterocycles. The Hall–Kier alpha value is -1.36. The maximum Gasteiger partial charge on any atom is 0.255 e. The van der Waals surface area contributed by atoms with Crippen LogP contribution in [0.2, 0.25) is 0 Å². The van der Waals surface area contributed by atoms with Crippen molar-refractivity contribution >= 4 is 5.91 Å². The highest BCUT2D eigenvalue weighted by Gasteiger charge is 2.30. The van der Waals surface area contributed by atoms with E-state index in [4.69, 9.17) is 4.74 Å². The van der Waals surface area contributed by atoms with E-state index in [0.717, 1.165) is 42.8 Å². The third-order valence-corrected chi connectivity index (χ3v) is 4.08. The van der Waals surface area contributed by atoms with E-state index < -0.39 is 0 Å². The van der Waals surface area contributed by atoms with E-state index in [1.54, 1.807) is 0 Å². The Labute approximate surface area is 127 Å². The number of carbonyl (C=O) groups excluding carboxylic acids is 1. The molecule has 1 atom stereocenters. The van der Waals surface area contributed by atoms with Gasteiger partial charge in [-0.3, -0.25) is 9.48 Å². The summed E-state index contributed by atoms with van der Waals surface area (Å²) in [5.41, 5.74) is 2.34. The number of rotatable bonds is 4. The van der Waals surface area contributed by atoms with Gasteiger partial charge in [-0.05, 0) is 47.0 Å². The molecule has 0 aliphatic carbocycles. The minimum atomic E-state index is -0.160. The molecular formula is C16H27N3O2. The van der Waals surface area contributed by atoms with Gasteiger partial charge in [0.25, 0.3) is 5.91 Å². The molecule has 1 N–H and O–H groups in total. The molecule has 118 valence electrons. The molecule has 1 fully saturated rings. The molecule has 0 bridgehead atoms. The van der Waals surface area contributed by atoms with Crippen LogP contribution in [0.4, 0.5) is 0 Å². The zero-order chi connectivity index (χ0) is 15.6. The largest absolute Gasteiger partial charge is 0.375 e. The molecule has 0 radical (unpaired) electrons. The van der Waals surface area contributed by atoms with Crippen molar-refractivity contribution in [1.82, 2.24) is 15.1 Å². The lowest BCUT2D eigenvalue weighted by Gasteiger charge is -2.35. The standard InChI is InChI=1S/C16H27N3O2/c1-6-8-19-12(3)14(11(2)18-19)15(20)17-13-7-9-21-16(4,5)10-13/h13H,6-10H2,1-5H3,(H,17,20). The number of hydrogen-bond acceptors (Lipinski definition) is 3. The monoisotopic (exact) mass is 293 g/mol. The predicted molar refractivity (Wildman–Crippen MR) is 82.5 cm³/mol. The Morgan fingerprint density at radius 3 is 2.81 bits per heavy atom. The van der Waals surface area contributed by atoms with Gasteiger partial charge in [0.05, 0.1) is 16.9 Å². The molecule has 5 nitrogen and oxygen atoms in total. The van der Waals surface area contributed by atoms with Gasteiger partial charge < -0.3 is 10.1 Å². The van der Waals surface area contributed by atoms with E-state index in [0.29, 0.717) is 6.61 Å². The first-order valence-corrected chi connectivity index (χ1v) is 7.83. The van der Waals surface area contributed by atoms with E-state index >= 15 is 0 Å². The van der Waals surface area contributed by atoms with Gasteiger partial charge in [0.15, 0.2) is 0 Å². The normalized spacial score (nSPS) is 21.3. The maximum atomic E-state index is 12.6. The number of nitrogens with zero attached hydrogens (tertiary/aromatic N) is 2. The minimum Gasteiger partial charge on any atom is -0.375 e. The summed E-state index contributed by atoms with van der Waals surface area (Å²) in [6.45, 7) is 11.7. The number of carbonyl (C=O) groups is 1. The molecule has 5 heteroatoms. The predicted octanol–water partition coefficient (Wildman–Crippen LogP) is 2.60. The fourth-order valence-corrected chi connectivity index (χ4v) is 3.07. The third-order valence-electron chi connectivity index (χ3n) is 4.08. The van der Waals surface area contributed by atoms with Crippen LogP contribution in [0.25, 0.3) is 0 Å². The quantitative estimate of drug-likeness (QED) is 0.928. The van der Waals surface area contributed by atoms with E-state index in [1.165, 1.54) is 0 Å². The molecule has 0 aromatic carbocycles. The van der Waals surface area contributed by atoms with Crippen molar-refractivity contribution in [3.63, 3.8) is 0 Å². The number of aryl methyl sites for hydroxylation is 2. The van der Waals surface area contributed by atoms with Gasteiger partial charge in [-0.25, -0.2) is 0 Å². The summed E-state index contributed by atoms with van der Waals surface area (Å²) < 4.78 is 7.63. The van der Waals surface area contributed by atoms with Crippen molar-refractivity contribution in [2.45, 2.75) is 72.1 Å². The Kier molecular flexibility index (Phi) is 4.71. The number of amides is 1. The van der Waals surface area contributed by atoms with Crippen molar-refractivity contribution in [3.8, 4) is 0 Å². The first-order valence-electron chi connectivity index (χ1n) is 7.83. The van der Waals surface area contributed by atoms with Crippen LogP contribution >= 0.6 is 0 Å². The summed E-state index contributed by atoms with van der Waals surface area (Å²) in [5, 5.41) is 7.63. The fourth-order valence-electron chi connectivity index (χ4n) is 3.07. The second-order valence-corrected chi connectivity index (χ2v) is 6.54. The van der Waals surface area contributed by atoms with Crippen molar-refractivity contribution in [2.75, 3.05) is 6.61 Å². The van der Waals surface area contributed by atoms with Crippen LogP contribution < -0.4 is 5.32 Å². The summed E-state index contributed by atoms with van der Waals surface area (Å²) in [6.07, 6.45) is 2.73. The van der Waals surface area contributed by atoms with E-state index in [2.05, 4.69) is 31.2 Å². The van der Waals surface area contributed by atoms with Crippen molar-refractivity contribution in [3.05, 3.63) is 17.0 Å². The van der Waals surface area contributed by atoms with Gasteiger partial charge in [0.2, 0.25) is 0 Å². The lowest BCUT2D eigenvalue weighted by Crippen LogP contribution is -2.46. The fraction of sp³-hybridized carbons (Fsp3) is 0.750. The van der Waals surface area contributed by atoms with Gasteiger partial charge in [-0.15, -0.1) is 0 Å². The zero-order valence-electron chi connectivity index (χ0n) is 13.8. The van der Waals surface area contributed by atoms with Crippen LogP contribution in [0.5, 0.6) is 0 Å². The Morgan fingerprint density at radius 1 is 1.48 bits per heavy atom. The number of nitrogens with one attached hydrogen (secondary N) is 1. The SMILES string of the molecule is CCCn1nc(C)c(C(=O)NC2CCOC(C)(C)C2)c1C. The highest BCUT2D eigenvalue weighted by Crippen LogP contribution is 2.24. The molecule has 1 aromatic rings. The topological polar surface area (TPSA) is 56.2 Å². The average molecular weight is 293 g/mol. The summed E-state index contributed by atoms with van der Waals surface area (Å²) in [4.78, 5) is 12.6. The van der Waals surface area contributed by atoms with Gasteiger partial charge >= 0.3 is 0 Å². The Bertz CT molecular complexity index is 520. The van der Waals surface area contributed by atoms with Crippen LogP contribution in [0.3, 0.4) is 0 Å². The lowest BCUT2D eigenvalue weighted by molar-refractivity contribution is -0.0615. The molecule has 1 aromatic heterocycles. The molecular weight excluding hydrogens is 266 g/mol. The first kappa shape index (κ1) is 16.0. The molecule has 21 heavy (non-hydrogen) atoms. The highest BCUT2D eigenvalue weighted by atomic mass is 16.5. The molecule has 1 amide bonds. The Balaban J connectivity index is 2.10. The summed E-state index contributed by atoms with van der Waals surface area (Å²) in [6, 6.07) is 0.176. The lowest BCUT2D eigenvalue weighted by atomic mass is 9.93. The van der Waals surface area contributed by atoms with Crippen LogP contribution in [-0.4, -0.2) is 33.9 Å². The molecule has 2 heterocycles. The molecule has 0 spiro atoms. The number of hydrogen-bond donors (Lipinski definition) is 1. The minimum absolute atomic E-state index is 0.00458. The van der Waals surface area contributed by atoms with Crippen molar-refractivity contribution in [2.24, 2.45) is 0 Å². The summed E-state index contributed by atoms with van der Waals surface area (Å²) in [5.74, 6) is -0.00458. The average Bonchev–Trinajstić information content (AvgIpc) is 2.63. The molecule has 0 saturated carbocycles. The van der Waals surface area contributed by atoms with Gasteiger partial charge in [0, 0.05) is 24.9 Å². The Morgan fingerprint density at radius 2 is 2.19 bits per heavy atom. The van der Waals surface area contributed by atoms with Crippen molar-refractivity contribution in [1.29, 1.82) is 0 Å². The second-order valence-electron chi connectivity index (χ2n) is 6.54. The summed E-state index contributed by atoms with van der Waals surface area (Å²) in [7, 11) is 0. The van der Waals surface area contributed by atoms with Gasteiger partial charge in [-0.2, -0.15) is 5.10 Å². The molecule has 2 rings (SSSR count). The van der Waals surface area contributed by atoms with Gasteiger partial charge in [0.1, 0.15) is 0 Å².